The highest BCUT2D eigenvalue weighted by molar-refractivity contribution is 5.85. The van der Waals surface area contributed by atoms with Gasteiger partial charge in [-0.15, -0.1) is 0 Å². The second-order valence-electron chi connectivity index (χ2n) is 6.47. The molecule has 4 rings (SSSR count). The number of aryl methyl sites for hydroxylation is 1. The first kappa shape index (κ1) is 15.2. The van der Waals surface area contributed by atoms with Crippen molar-refractivity contribution in [3.63, 3.8) is 0 Å². The number of hydrogen-bond acceptors (Lipinski definition) is 4. The van der Waals surface area contributed by atoms with E-state index in [4.69, 9.17) is 0 Å². The van der Waals surface area contributed by atoms with E-state index in [2.05, 4.69) is 42.6 Å². The summed E-state index contributed by atoms with van der Waals surface area (Å²) in [7, 11) is 0. The summed E-state index contributed by atoms with van der Waals surface area (Å²) < 4.78 is 4.34. The van der Waals surface area contributed by atoms with Crippen LogP contribution in [-0.4, -0.2) is 24.3 Å². The zero-order chi connectivity index (χ0) is 16.4. The van der Waals surface area contributed by atoms with Gasteiger partial charge in [0, 0.05) is 18.9 Å². The summed E-state index contributed by atoms with van der Waals surface area (Å²) in [5, 5.41) is 8.03. The minimum absolute atomic E-state index is 0.550. The first-order chi connectivity index (χ1) is 11.9. The summed E-state index contributed by atoms with van der Waals surface area (Å²) in [6.45, 7) is 3.76. The average Bonchev–Trinajstić information content (AvgIpc) is 3.27. The zero-order valence-corrected chi connectivity index (χ0v) is 14.1. The van der Waals surface area contributed by atoms with Crippen molar-refractivity contribution in [1.29, 1.82) is 0 Å². The molecule has 24 heavy (non-hydrogen) atoms. The Morgan fingerprint density at radius 2 is 2.00 bits per heavy atom. The van der Waals surface area contributed by atoms with Gasteiger partial charge < -0.3 is 9.88 Å². The lowest BCUT2D eigenvalue weighted by atomic mass is 9.95. The average molecular weight is 324 g/mol. The highest BCUT2D eigenvalue weighted by atomic mass is 15.3. The summed E-state index contributed by atoms with van der Waals surface area (Å²) in [6, 6.07) is 4.67. The van der Waals surface area contributed by atoms with E-state index in [1.807, 2.05) is 24.8 Å². The van der Waals surface area contributed by atoms with Crippen molar-refractivity contribution >= 4 is 16.9 Å². The monoisotopic (exact) mass is 324 g/mol. The second kappa shape index (κ2) is 6.63. The van der Waals surface area contributed by atoms with Crippen LogP contribution in [0.2, 0.25) is 0 Å². The molecular formula is C18H24N6. The minimum Gasteiger partial charge on any atom is -0.363 e. The van der Waals surface area contributed by atoms with Gasteiger partial charge in [-0.3, -0.25) is 4.68 Å². The van der Waals surface area contributed by atoms with Crippen molar-refractivity contribution in [2.45, 2.75) is 58.2 Å². The summed E-state index contributed by atoms with van der Waals surface area (Å²) in [6.07, 6.45) is 12.1. The van der Waals surface area contributed by atoms with Gasteiger partial charge in [-0.2, -0.15) is 5.10 Å². The summed E-state index contributed by atoms with van der Waals surface area (Å²) in [4.78, 5) is 9.00. The van der Waals surface area contributed by atoms with E-state index in [9.17, 15) is 0 Å². The van der Waals surface area contributed by atoms with Crippen LogP contribution in [0.4, 0.5) is 5.82 Å². The Balaban J connectivity index is 1.54. The molecule has 0 bridgehead atoms. The van der Waals surface area contributed by atoms with Crippen molar-refractivity contribution in [3.05, 3.63) is 36.5 Å². The van der Waals surface area contributed by atoms with Gasteiger partial charge in [-0.1, -0.05) is 19.3 Å². The topological polar surface area (TPSA) is 60.6 Å². The number of hydrogen-bond donors (Lipinski definition) is 1. The van der Waals surface area contributed by atoms with Crippen LogP contribution in [0.5, 0.6) is 0 Å². The standard InChI is InChI=1S/C18H24N6/c1-2-23-13-21-17-16(23)9-10-19-18(17)20-12-15-8-11-22-24(15)14-6-4-3-5-7-14/h8-11,13-14H,2-7,12H2,1H3,(H,19,20). The summed E-state index contributed by atoms with van der Waals surface area (Å²) in [5.74, 6) is 0.844. The van der Waals surface area contributed by atoms with Crippen LogP contribution < -0.4 is 5.32 Å². The van der Waals surface area contributed by atoms with E-state index in [1.54, 1.807) is 0 Å². The molecule has 0 spiro atoms. The normalized spacial score (nSPS) is 15.9. The predicted octanol–water partition coefficient (Wildman–Crippen LogP) is 3.77. The van der Waals surface area contributed by atoms with Crippen LogP contribution in [0.25, 0.3) is 11.0 Å². The smallest absolute Gasteiger partial charge is 0.154 e. The third-order valence-electron chi connectivity index (χ3n) is 4.99. The number of aromatic nitrogens is 5. The van der Waals surface area contributed by atoms with Crippen LogP contribution in [0, 0.1) is 0 Å². The molecule has 126 valence electrons. The van der Waals surface area contributed by atoms with Crippen molar-refractivity contribution < 1.29 is 0 Å². The largest absolute Gasteiger partial charge is 0.363 e. The molecule has 0 unspecified atom stereocenters. The minimum atomic E-state index is 0.550. The van der Waals surface area contributed by atoms with Crippen LogP contribution in [0.3, 0.4) is 0 Å². The molecule has 0 radical (unpaired) electrons. The Morgan fingerprint density at radius 3 is 2.83 bits per heavy atom. The van der Waals surface area contributed by atoms with Gasteiger partial charge in [0.15, 0.2) is 5.82 Å². The molecule has 1 fully saturated rings. The molecule has 0 aliphatic heterocycles. The number of imidazole rings is 1. The predicted molar refractivity (Wildman–Crippen MR) is 94.9 cm³/mol. The molecule has 3 heterocycles. The molecule has 1 aliphatic carbocycles. The highest BCUT2D eigenvalue weighted by Gasteiger charge is 2.18. The van der Waals surface area contributed by atoms with Crippen molar-refractivity contribution in [1.82, 2.24) is 24.3 Å². The van der Waals surface area contributed by atoms with Crippen molar-refractivity contribution in [2.75, 3.05) is 5.32 Å². The van der Waals surface area contributed by atoms with Gasteiger partial charge in [0.25, 0.3) is 0 Å². The maximum Gasteiger partial charge on any atom is 0.154 e. The number of anilines is 1. The Kier molecular flexibility index (Phi) is 4.19. The zero-order valence-electron chi connectivity index (χ0n) is 14.1. The SMILES string of the molecule is CCn1cnc2c(NCc3ccnn3C3CCCCC3)nccc21. The fraction of sp³-hybridized carbons (Fsp3) is 0.500. The Labute approximate surface area is 141 Å². The third kappa shape index (κ3) is 2.77. The van der Waals surface area contributed by atoms with Crippen molar-refractivity contribution in [3.8, 4) is 0 Å². The number of pyridine rings is 1. The fourth-order valence-corrected chi connectivity index (χ4v) is 3.68. The Hall–Kier alpha value is -2.37. The van der Waals surface area contributed by atoms with Crippen molar-refractivity contribution in [2.24, 2.45) is 0 Å². The lowest BCUT2D eigenvalue weighted by Crippen LogP contribution is -2.18. The van der Waals surface area contributed by atoms with Gasteiger partial charge in [-0.05, 0) is 31.9 Å². The van der Waals surface area contributed by atoms with Crippen LogP contribution in [-0.2, 0) is 13.1 Å². The van der Waals surface area contributed by atoms with Crippen LogP contribution >= 0.6 is 0 Å². The van der Waals surface area contributed by atoms with E-state index in [0.717, 1.165) is 29.9 Å². The van der Waals surface area contributed by atoms with E-state index < -0.39 is 0 Å². The summed E-state index contributed by atoms with van der Waals surface area (Å²) in [5.41, 5.74) is 3.27. The molecule has 3 aromatic rings. The maximum atomic E-state index is 4.57. The number of fused-ring (bicyclic) bond motifs is 1. The fourth-order valence-electron chi connectivity index (χ4n) is 3.68. The molecule has 6 nitrogen and oxygen atoms in total. The molecule has 1 N–H and O–H groups in total. The van der Waals surface area contributed by atoms with E-state index in [0.29, 0.717) is 6.04 Å². The molecule has 6 heteroatoms. The van der Waals surface area contributed by atoms with E-state index >= 15 is 0 Å². The van der Waals surface area contributed by atoms with Crippen LogP contribution in [0.1, 0.15) is 50.8 Å². The molecule has 0 amide bonds. The maximum absolute atomic E-state index is 4.57. The first-order valence-corrected chi connectivity index (χ1v) is 8.93. The Morgan fingerprint density at radius 1 is 1.12 bits per heavy atom. The van der Waals surface area contributed by atoms with Gasteiger partial charge in [-0.25, -0.2) is 9.97 Å². The van der Waals surface area contributed by atoms with Gasteiger partial charge in [0.1, 0.15) is 5.52 Å². The quantitative estimate of drug-likeness (QED) is 0.776. The lowest BCUT2D eigenvalue weighted by molar-refractivity contribution is 0.323. The first-order valence-electron chi connectivity index (χ1n) is 8.93. The van der Waals surface area contributed by atoms with Gasteiger partial charge in [0.2, 0.25) is 0 Å². The second-order valence-corrected chi connectivity index (χ2v) is 6.47. The van der Waals surface area contributed by atoms with Gasteiger partial charge in [0.05, 0.1) is 30.1 Å². The van der Waals surface area contributed by atoms with E-state index in [-0.39, 0.29) is 0 Å². The molecule has 0 aromatic carbocycles. The lowest BCUT2D eigenvalue weighted by Gasteiger charge is -2.24. The highest BCUT2D eigenvalue weighted by Crippen LogP contribution is 2.29. The molecule has 3 aromatic heterocycles. The summed E-state index contributed by atoms with van der Waals surface area (Å²) >= 11 is 0. The molecule has 1 aliphatic rings. The van der Waals surface area contributed by atoms with E-state index in [1.165, 1.54) is 37.8 Å². The Bertz CT molecular complexity index is 812. The molecular weight excluding hydrogens is 300 g/mol. The molecule has 1 saturated carbocycles. The molecule has 0 saturated heterocycles. The van der Waals surface area contributed by atoms with Gasteiger partial charge >= 0.3 is 0 Å². The van der Waals surface area contributed by atoms with Crippen LogP contribution in [0.15, 0.2) is 30.9 Å². The number of rotatable bonds is 5. The third-order valence-corrected chi connectivity index (χ3v) is 4.99. The number of nitrogens with one attached hydrogen (secondary N) is 1. The molecule has 0 atom stereocenters. The number of nitrogens with zero attached hydrogens (tertiary/aromatic N) is 5.